The molecular formula is C13H27NO4S. The van der Waals surface area contributed by atoms with Crippen molar-refractivity contribution in [1.29, 1.82) is 0 Å². The molecule has 0 aromatic heterocycles. The van der Waals surface area contributed by atoms with Crippen LogP contribution in [0.2, 0.25) is 0 Å². The maximum Gasteiger partial charge on any atom is 0.158 e. The van der Waals surface area contributed by atoms with Gasteiger partial charge in [-0.05, 0) is 27.2 Å². The number of hydrogen-bond donors (Lipinski definition) is 0. The summed E-state index contributed by atoms with van der Waals surface area (Å²) in [5.74, 6) is 0.533. The van der Waals surface area contributed by atoms with Crippen LogP contribution in [0.4, 0.5) is 0 Å². The van der Waals surface area contributed by atoms with E-state index < -0.39 is 9.84 Å². The second-order valence-electron chi connectivity index (χ2n) is 5.93. The molecule has 1 fully saturated rings. The van der Waals surface area contributed by atoms with Gasteiger partial charge in [0.1, 0.15) is 0 Å². The van der Waals surface area contributed by atoms with Crippen LogP contribution >= 0.6 is 0 Å². The molecule has 0 aromatic carbocycles. The molecule has 114 valence electrons. The van der Waals surface area contributed by atoms with Crippen molar-refractivity contribution in [3.05, 3.63) is 0 Å². The highest BCUT2D eigenvalue weighted by molar-refractivity contribution is 7.91. The fourth-order valence-corrected chi connectivity index (χ4v) is 3.19. The van der Waals surface area contributed by atoms with Gasteiger partial charge in [-0.2, -0.15) is 0 Å². The predicted octanol–water partition coefficient (Wildman–Crippen LogP) is 1.28. The van der Waals surface area contributed by atoms with E-state index in [1.54, 1.807) is 0 Å². The SMILES string of the molecule is CCC(OCCN1CCS(=O)(=O)CC1)OC(C)(C)C. The summed E-state index contributed by atoms with van der Waals surface area (Å²) in [6.07, 6.45) is 0.625. The number of rotatable bonds is 6. The van der Waals surface area contributed by atoms with Crippen molar-refractivity contribution < 1.29 is 17.9 Å². The fraction of sp³-hybridized carbons (Fsp3) is 1.00. The van der Waals surface area contributed by atoms with E-state index in [0.29, 0.717) is 19.7 Å². The van der Waals surface area contributed by atoms with E-state index in [4.69, 9.17) is 9.47 Å². The molecule has 1 atom stereocenters. The molecule has 0 radical (unpaired) electrons. The summed E-state index contributed by atoms with van der Waals surface area (Å²) in [7, 11) is -2.79. The Balaban J connectivity index is 2.22. The van der Waals surface area contributed by atoms with Gasteiger partial charge in [-0.3, -0.25) is 4.90 Å². The molecule has 0 amide bonds. The van der Waals surface area contributed by atoms with Crippen LogP contribution in [0.15, 0.2) is 0 Å². The third-order valence-corrected chi connectivity index (χ3v) is 4.58. The molecule has 0 aliphatic carbocycles. The van der Waals surface area contributed by atoms with Crippen LogP contribution < -0.4 is 0 Å². The normalized spacial score (nSPS) is 22.3. The van der Waals surface area contributed by atoms with Gasteiger partial charge in [0.15, 0.2) is 16.1 Å². The Hall–Kier alpha value is -0.170. The highest BCUT2D eigenvalue weighted by Crippen LogP contribution is 2.14. The lowest BCUT2D eigenvalue weighted by atomic mass is 10.2. The van der Waals surface area contributed by atoms with Crippen molar-refractivity contribution in [2.24, 2.45) is 0 Å². The van der Waals surface area contributed by atoms with E-state index in [-0.39, 0.29) is 23.4 Å². The van der Waals surface area contributed by atoms with Crippen molar-refractivity contribution in [1.82, 2.24) is 4.90 Å². The third-order valence-electron chi connectivity index (χ3n) is 2.97. The summed E-state index contributed by atoms with van der Waals surface area (Å²) in [5, 5.41) is 0. The van der Waals surface area contributed by atoms with Crippen molar-refractivity contribution >= 4 is 9.84 Å². The van der Waals surface area contributed by atoms with Crippen LogP contribution in [0.5, 0.6) is 0 Å². The predicted molar refractivity (Wildman–Crippen MR) is 76.0 cm³/mol. The van der Waals surface area contributed by atoms with E-state index in [1.165, 1.54) is 0 Å². The van der Waals surface area contributed by atoms with Crippen LogP contribution in [0.3, 0.4) is 0 Å². The molecule has 0 N–H and O–H groups in total. The summed E-state index contributed by atoms with van der Waals surface area (Å²) in [4.78, 5) is 2.13. The lowest BCUT2D eigenvalue weighted by molar-refractivity contribution is -0.197. The average molecular weight is 293 g/mol. The van der Waals surface area contributed by atoms with E-state index in [9.17, 15) is 8.42 Å². The molecular weight excluding hydrogens is 266 g/mol. The topological polar surface area (TPSA) is 55.8 Å². The van der Waals surface area contributed by atoms with Crippen molar-refractivity contribution in [2.45, 2.75) is 46.0 Å². The first-order valence-electron chi connectivity index (χ1n) is 6.94. The maximum absolute atomic E-state index is 11.3. The van der Waals surface area contributed by atoms with Crippen LogP contribution in [-0.4, -0.2) is 63.0 Å². The van der Waals surface area contributed by atoms with Gasteiger partial charge in [-0.15, -0.1) is 0 Å². The molecule has 1 heterocycles. The molecule has 1 aliphatic heterocycles. The molecule has 1 rings (SSSR count). The van der Waals surface area contributed by atoms with E-state index >= 15 is 0 Å². The zero-order valence-electron chi connectivity index (χ0n) is 12.5. The Morgan fingerprint density at radius 2 is 1.79 bits per heavy atom. The second-order valence-corrected chi connectivity index (χ2v) is 8.24. The first-order valence-corrected chi connectivity index (χ1v) is 8.76. The molecule has 0 aromatic rings. The summed E-state index contributed by atoms with van der Waals surface area (Å²) < 4.78 is 34.1. The minimum Gasteiger partial charge on any atom is -0.351 e. The quantitative estimate of drug-likeness (QED) is 0.691. The van der Waals surface area contributed by atoms with Gasteiger partial charge < -0.3 is 9.47 Å². The molecule has 1 aliphatic rings. The summed E-state index contributed by atoms with van der Waals surface area (Å²) in [5.41, 5.74) is -0.208. The van der Waals surface area contributed by atoms with Crippen molar-refractivity contribution in [3.63, 3.8) is 0 Å². The number of sulfone groups is 1. The van der Waals surface area contributed by atoms with Gasteiger partial charge in [-0.25, -0.2) is 8.42 Å². The number of hydrogen-bond acceptors (Lipinski definition) is 5. The molecule has 6 heteroatoms. The molecule has 0 spiro atoms. The van der Waals surface area contributed by atoms with Gasteiger partial charge in [0.2, 0.25) is 0 Å². The third kappa shape index (κ3) is 7.25. The zero-order chi connectivity index (χ0) is 14.5. The number of nitrogens with zero attached hydrogens (tertiary/aromatic N) is 1. The summed E-state index contributed by atoms with van der Waals surface area (Å²) in [6.45, 7) is 10.6. The van der Waals surface area contributed by atoms with E-state index in [1.807, 2.05) is 27.7 Å². The Morgan fingerprint density at radius 3 is 2.26 bits per heavy atom. The van der Waals surface area contributed by atoms with E-state index in [2.05, 4.69) is 4.90 Å². The molecule has 0 saturated carbocycles. The molecule has 5 nitrogen and oxygen atoms in total. The zero-order valence-corrected chi connectivity index (χ0v) is 13.3. The second kappa shape index (κ2) is 7.02. The summed E-state index contributed by atoms with van der Waals surface area (Å²) in [6, 6.07) is 0. The van der Waals surface area contributed by atoms with Crippen LogP contribution in [0, 0.1) is 0 Å². The lowest BCUT2D eigenvalue weighted by Crippen LogP contribution is -2.42. The Morgan fingerprint density at radius 1 is 1.21 bits per heavy atom. The highest BCUT2D eigenvalue weighted by atomic mass is 32.2. The van der Waals surface area contributed by atoms with Crippen molar-refractivity contribution in [3.8, 4) is 0 Å². The Kier molecular flexibility index (Phi) is 6.23. The average Bonchev–Trinajstić information content (AvgIpc) is 2.28. The first-order chi connectivity index (χ1) is 8.72. The molecule has 0 bridgehead atoms. The van der Waals surface area contributed by atoms with Gasteiger partial charge >= 0.3 is 0 Å². The first kappa shape index (κ1) is 16.9. The monoisotopic (exact) mass is 293 g/mol. The Bertz CT molecular complexity index is 347. The fourth-order valence-electron chi connectivity index (χ4n) is 1.92. The van der Waals surface area contributed by atoms with Crippen molar-refractivity contribution in [2.75, 3.05) is 37.7 Å². The molecule has 19 heavy (non-hydrogen) atoms. The molecule has 1 unspecified atom stereocenters. The van der Waals surface area contributed by atoms with Crippen LogP contribution in [0.1, 0.15) is 34.1 Å². The van der Waals surface area contributed by atoms with E-state index in [0.717, 1.165) is 13.0 Å². The van der Waals surface area contributed by atoms with Crippen LogP contribution in [0.25, 0.3) is 0 Å². The molecule has 1 saturated heterocycles. The van der Waals surface area contributed by atoms with Gasteiger partial charge in [0, 0.05) is 19.6 Å². The minimum absolute atomic E-state index is 0.187. The lowest BCUT2D eigenvalue weighted by Gasteiger charge is -2.29. The number of ether oxygens (including phenoxy) is 2. The van der Waals surface area contributed by atoms with Gasteiger partial charge in [0.25, 0.3) is 0 Å². The van der Waals surface area contributed by atoms with Gasteiger partial charge in [0.05, 0.1) is 23.7 Å². The van der Waals surface area contributed by atoms with Gasteiger partial charge in [-0.1, -0.05) is 6.92 Å². The smallest absolute Gasteiger partial charge is 0.158 e. The highest BCUT2D eigenvalue weighted by Gasteiger charge is 2.22. The standard InChI is InChI=1S/C13H27NO4S/c1-5-12(18-13(2,3)4)17-9-6-14-7-10-19(15,16)11-8-14/h12H,5-11H2,1-4H3. The largest absolute Gasteiger partial charge is 0.351 e. The summed E-state index contributed by atoms with van der Waals surface area (Å²) >= 11 is 0. The minimum atomic E-state index is -2.79. The maximum atomic E-state index is 11.3. The Labute approximate surface area is 117 Å². The van der Waals surface area contributed by atoms with Crippen LogP contribution in [-0.2, 0) is 19.3 Å².